The van der Waals surface area contributed by atoms with Crippen molar-refractivity contribution in [3.05, 3.63) is 11.6 Å². The molecule has 0 aromatic heterocycles. The second-order valence-electron chi connectivity index (χ2n) is 4.21. The molecule has 3 unspecified atom stereocenters. The van der Waals surface area contributed by atoms with Gasteiger partial charge in [0, 0.05) is 0 Å². The summed E-state index contributed by atoms with van der Waals surface area (Å²) >= 11 is 0. The molecular weight excluding hydrogens is 132 g/mol. The third-order valence-electron chi connectivity index (χ3n) is 3.29. The third-order valence-corrected chi connectivity index (χ3v) is 3.29. The van der Waals surface area contributed by atoms with Gasteiger partial charge in [0.2, 0.25) is 0 Å². The molecule has 0 bridgehead atoms. The van der Waals surface area contributed by atoms with Crippen molar-refractivity contribution in [2.75, 3.05) is 0 Å². The Kier molecular flexibility index (Phi) is 2.41. The van der Waals surface area contributed by atoms with E-state index in [2.05, 4.69) is 40.7 Å². The number of rotatable bonds is 2. The van der Waals surface area contributed by atoms with Crippen molar-refractivity contribution in [1.82, 2.24) is 0 Å². The van der Waals surface area contributed by atoms with Gasteiger partial charge in [0.05, 0.1) is 0 Å². The topological polar surface area (TPSA) is 0 Å². The molecular formula is C11H20. The van der Waals surface area contributed by atoms with Crippen LogP contribution in [0.25, 0.3) is 0 Å². The number of allylic oxidation sites excluding steroid dienone is 2. The molecule has 0 aromatic rings. The molecule has 1 fully saturated rings. The maximum Gasteiger partial charge on any atom is -0.0109 e. The van der Waals surface area contributed by atoms with Crippen LogP contribution in [0.3, 0.4) is 0 Å². The molecule has 3 atom stereocenters. The van der Waals surface area contributed by atoms with Crippen LogP contribution in [0.2, 0.25) is 0 Å². The highest BCUT2D eigenvalue weighted by molar-refractivity contribution is 5.28. The predicted molar refractivity (Wildman–Crippen MR) is 50.4 cm³/mol. The highest BCUT2D eigenvalue weighted by Crippen LogP contribution is 2.51. The van der Waals surface area contributed by atoms with Gasteiger partial charge in [0.15, 0.2) is 0 Å². The summed E-state index contributed by atoms with van der Waals surface area (Å²) in [5, 5.41) is 0. The molecule has 0 saturated heterocycles. The summed E-state index contributed by atoms with van der Waals surface area (Å²) in [5.41, 5.74) is 1.69. The molecule has 0 aliphatic heterocycles. The molecule has 0 radical (unpaired) electrons. The van der Waals surface area contributed by atoms with Crippen molar-refractivity contribution in [3.63, 3.8) is 0 Å². The Labute approximate surface area is 70.7 Å². The zero-order valence-corrected chi connectivity index (χ0v) is 8.39. The van der Waals surface area contributed by atoms with Gasteiger partial charge in [-0.05, 0) is 30.6 Å². The molecule has 64 valence electrons. The van der Waals surface area contributed by atoms with E-state index in [1.807, 2.05) is 0 Å². The lowest BCUT2D eigenvalue weighted by Crippen LogP contribution is -2.06. The zero-order valence-electron chi connectivity index (χ0n) is 8.39. The molecule has 0 heteroatoms. The minimum Gasteiger partial charge on any atom is -0.0879 e. The second kappa shape index (κ2) is 3.00. The van der Waals surface area contributed by atoms with Gasteiger partial charge < -0.3 is 0 Å². The monoisotopic (exact) mass is 152 g/mol. The molecule has 0 amide bonds. The SMILES string of the molecule is CC=C1C(C)C1C(C)C(C)C. The van der Waals surface area contributed by atoms with Gasteiger partial charge >= 0.3 is 0 Å². The fourth-order valence-electron chi connectivity index (χ4n) is 2.08. The van der Waals surface area contributed by atoms with Gasteiger partial charge in [-0.25, -0.2) is 0 Å². The van der Waals surface area contributed by atoms with E-state index < -0.39 is 0 Å². The lowest BCUT2D eigenvalue weighted by molar-refractivity contribution is 0.364. The summed E-state index contributed by atoms with van der Waals surface area (Å²) in [6, 6.07) is 0. The van der Waals surface area contributed by atoms with Crippen LogP contribution in [-0.4, -0.2) is 0 Å². The Hall–Kier alpha value is -0.260. The summed E-state index contributed by atoms with van der Waals surface area (Å²) in [7, 11) is 0. The molecule has 0 aromatic carbocycles. The largest absolute Gasteiger partial charge is 0.0879 e. The predicted octanol–water partition coefficient (Wildman–Crippen LogP) is 3.49. The van der Waals surface area contributed by atoms with Crippen molar-refractivity contribution in [2.24, 2.45) is 23.7 Å². The molecule has 1 aliphatic rings. The molecule has 11 heavy (non-hydrogen) atoms. The van der Waals surface area contributed by atoms with E-state index in [4.69, 9.17) is 0 Å². The van der Waals surface area contributed by atoms with Crippen LogP contribution in [0.15, 0.2) is 11.6 Å². The average molecular weight is 152 g/mol. The Balaban J connectivity index is 2.53. The first kappa shape index (κ1) is 8.83. The van der Waals surface area contributed by atoms with E-state index in [1.54, 1.807) is 5.57 Å². The Morgan fingerprint density at radius 2 is 1.82 bits per heavy atom. The number of hydrogen-bond acceptors (Lipinski definition) is 0. The minimum atomic E-state index is 0.833. The van der Waals surface area contributed by atoms with E-state index in [0.29, 0.717) is 0 Å². The molecule has 0 spiro atoms. The molecule has 1 rings (SSSR count). The minimum absolute atomic E-state index is 0.833. The van der Waals surface area contributed by atoms with Crippen LogP contribution >= 0.6 is 0 Å². The van der Waals surface area contributed by atoms with Crippen LogP contribution in [-0.2, 0) is 0 Å². The first-order valence-corrected chi connectivity index (χ1v) is 4.75. The number of hydrogen-bond donors (Lipinski definition) is 0. The van der Waals surface area contributed by atoms with Crippen molar-refractivity contribution in [1.29, 1.82) is 0 Å². The first-order valence-electron chi connectivity index (χ1n) is 4.75. The fraction of sp³-hybridized carbons (Fsp3) is 0.818. The summed E-state index contributed by atoms with van der Waals surface area (Å²) in [5.74, 6) is 3.48. The van der Waals surface area contributed by atoms with Crippen LogP contribution < -0.4 is 0 Å². The van der Waals surface area contributed by atoms with Crippen molar-refractivity contribution < 1.29 is 0 Å². The highest BCUT2D eigenvalue weighted by atomic mass is 14.5. The average Bonchev–Trinajstić information content (AvgIpc) is 2.59. The highest BCUT2D eigenvalue weighted by Gasteiger charge is 2.43. The smallest absolute Gasteiger partial charge is 0.0109 e. The van der Waals surface area contributed by atoms with Gasteiger partial charge in [-0.3, -0.25) is 0 Å². The lowest BCUT2D eigenvalue weighted by Gasteiger charge is -2.13. The molecule has 1 saturated carbocycles. The van der Waals surface area contributed by atoms with E-state index in [9.17, 15) is 0 Å². The maximum atomic E-state index is 2.38. The molecule has 0 heterocycles. The second-order valence-corrected chi connectivity index (χ2v) is 4.21. The van der Waals surface area contributed by atoms with Crippen LogP contribution in [0.4, 0.5) is 0 Å². The summed E-state index contributed by atoms with van der Waals surface area (Å²) < 4.78 is 0. The summed E-state index contributed by atoms with van der Waals surface area (Å²) in [6.07, 6.45) is 2.30. The Morgan fingerprint density at radius 3 is 2.09 bits per heavy atom. The quantitative estimate of drug-likeness (QED) is 0.531. The zero-order chi connectivity index (χ0) is 8.59. The van der Waals surface area contributed by atoms with E-state index >= 15 is 0 Å². The fourth-order valence-corrected chi connectivity index (χ4v) is 2.08. The van der Waals surface area contributed by atoms with E-state index in [-0.39, 0.29) is 0 Å². The van der Waals surface area contributed by atoms with E-state index in [1.165, 1.54) is 0 Å². The van der Waals surface area contributed by atoms with Crippen molar-refractivity contribution in [3.8, 4) is 0 Å². The van der Waals surface area contributed by atoms with Gasteiger partial charge in [-0.15, -0.1) is 0 Å². The van der Waals surface area contributed by atoms with Gasteiger partial charge in [-0.1, -0.05) is 39.3 Å². The normalized spacial score (nSPS) is 36.4. The molecule has 0 N–H and O–H groups in total. The Morgan fingerprint density at radius 1 is 1.27 bits per heavy atom. The molecule has 1 aliphatic carbocycles. The van der Waals surface area contributed by atoms with Crippen molar-refractivity contribution >= 4 is 0 Å². The van der Waals surface area contributed by atoms with E-state index in [0.717, 1.165) is 23.7 Å². The third kappa shape index (κ3) is 1.50. The summed E-state index contributed by atoms with van der Waals surface area (Å²) in [4.78, 5) is 0. The Bertz CT molecular complexity index is 165. The van der Waals surface area contributed by atoms with Crippen LogP contribution in [0.5, 0.6) is 0 Å². The van der Waals surface area contributed by atoms with Gasteiger partial charge in [0.1, 0.15) is 0 Å². The summed E-state index contributed by atoms with van der Waals surface area (Å²) in [6.45, 7) is 11.5. The standard InChI is InChI=1S/C11H20/c1-6-10-9(5)11(10)8(4)7(2)3/h6-9,11H,1-5H3. The van der Waals surface area contributed by atoms with Crippen LogP contribution in [0.1, 0.15) is 34.6 Å². The van der Waals surface area contributed by atoms with Crippen molar-refractivity contribution in [2.45, 2.75) is 34.6 Å². The maximum absolute atomic E-state index is 2.38. The molecule has 0 nitrogen and oxygen atoms in total. The van der Waals surface area contributed by atoms with Crippen LogP contribution in [0, 0.1) is 23.7 Å². The first-order chi connectivity index (χ1) is 5.09. The van der Waals surface area contributed by atoms with Gasteiger partial charge in [0.25, 0.3) is 0 Å². The van der Waals surface area contributed by atoms with Gasteiger partial charge in [-0.2, -0.15) is 0 Å². The lowest BCUT2D eigenvalue weighted by atomic mass is 9.92.